The van der Waals surface area contributed by atoms with Crippen LogP contribution in [-0.4, -0.2) is 63.2 Å². The lowest BCUT2D eigenvalue weighted by atomic mass is 9.95. The molecule has 39 heavy (non-hydrogen) atoms. The molecule has 0 spiro atoms. The van der Waals surface area contributed by atoms with Gasteiger partial charge >= 0.3 is 12.1 Å². The Morgan fingerprint density at radius 1 is 1.10 bits per heavy atom. The third kappa shape index (κ3) is 6.74. The Bertz CT molecular complexity index is 1300. The second-order valence-corrected chi connectivity index (χ2v) is 10.1. The highest BCUT2D eigenvalue weighted by Gasteiger charge is 2.55. The zero-order chi connectivity index (χ0) is 27.9. The van der Waals surface area contributed by atoms with E-state index in [9.17, 15) is 34.4 Å². The van der Waals surface area contributed by atoms with Crippen molar-refractivity contribution >= 4 is 41.3 Å². The summed E-state index contributed by atoms with van der Waals surface area (Å²) < 4.78 is 5.09. The van der Waals surface area contributed by atoms with Crippen molar-refractivity contribution in [2.45, 2.75) is 38.0 Å². The Labute approximate surface area is 227 Å². The van der Waals surface area contributed by atoms with Crippen LogP contribution in [0, 0.1) is 10.1 Å². The van der Waals surface area contributed by atoms with Crippen LogP contribution in [-0.2, 0) is 32.1 Å². The lowest BCUT2D eigenvalue weighted by molar-refractivity contribution is -0.384. The molecular weight excluding hydrogens is 528 g/mol. The molecule has 0 radical (unpaired) electrons. The normalized spacial score (nSPS) is 17.7. The first-order chi connectivity index (χ1) is 18.7. The van der Waals surface area contributed by atoms with E-state index in [2.05, 4.69) is 10.6 Å². The Kier molecular flexibility index (Phi) is 8.81. The molecule has 4 rings (SSSR count). The highest BCUT2D eigenvalue weighted by Crippen LogP contribution is 2.43. The molecule has 2 heterocycles. The molecule has 2 aliphatic rings. The molecule has 2 aromatic carbocycles. The smallest absolute Gasteiger partial charge is 0.407 e. The quantitative estimate of drug-likeness (QED) is 0.155. The monoisotopic (exact) mass is 554 g/mol. The number of amides is 3. The number of carbonyl (C=O) groups excluding carboxylic acids is 3. The van der Waals surface area contributed by atoms with Gasteiger partial charge in [0.15, 0.2) is 0 Å². The Morgan fingerprint density at radius 2 is 1.82 bits per heavy atom. The van der Waals surface area contributed by atoms with Gasteiger partial charge in [-0.05, 0) is 35.4 Å². The summed E-state index contributed by atoms with van der Waals surface area (Å²) in [5.41, 5.74) is 1.31. The van der Waals surface area contributed by atoms with Gasteiger partial charge in [0.1, 0.15) is 18.3 Å². The van der Waals surface area contributed by atoms with Crippen molar-refractivity contribution in [2.75, 3.05) is 12.3 Å². The number of hydrogen-bond acceptors (Lipinski definition) is 8. The van der Waals surface area contributed by atoms with E-state index in [1.54, 1.807) is 0 Å². The number of carboxylic acid groups (broad SMARTS) is 1. The minimum atomic E-state index is -1.20. The number of thioether (sulfide) groups is 1. The molecule has 13 heteroatoms. The molecule has 3 amide bonds. The number of rotatable bonds is 12. The molecule has 3 N–H and O–H groups in total. The largest absolute Gasteiger partial charge is 0.477 e. The van der Waals surface area contributed by atoms with Crippen molar-refractivity contribution in [1.82, 2.24) is 15.5 Å². The van der Waals surface area contributed by atoms with Gasteiger partial charge in [-0.25, -0.2) is 9.59 Å². The zero-order valence-electron chi connectivity index (χ0n) is 20.7. The van der Waals surface area contributed by atoms with E-state index in [1.807, 2.05) is 30.3 Å². The number of nitro groups is 1. The van der Waals surface area contributed by atoms with Gasteiger partial charge < -0.3 is 20.5 Å². The number of nitrogens with zero attached hydrogens (tertiary/aromatic N) is 2. The number of carbonyl (C=O) groups is 4. The molecular formula is C26H26N4O8S. The summed E-state index contributed by atoms with van der Waals surface area (Å²) in [5.74, 6) is -1.44. The van der Waals surface area contributed by atoms with Gasteiger partial charge in [-0.2, -0.15) is 0 Å². The Morgan fingerprint density at radius 3 is 2.49 bits per heavy atom. The summed E-state index contributed by atoms with van der Waals surface area (Å²) in [7, 11) is 0. The number of β-lactam (4-membered cyclic amide) rings is 1. The maximum atomic E-state index is 12.7. The second kappa shape index (κ2) is 12.4. The average Bonchev–Trinajstić information content (AvgIpc) is 3.26. The van der Waals surface area contributed by atoms with E-state index in [0.29, 0.717) is 29.1 Å². The minimum absolute atomic E-state index is 0.0399. The van der Waals surface area contributed by atoms with E-state index in [4.69, 9.17) is 4.74 Å². The van der Waals surface area contributed by atoms with E-state index >= 15 is 0 Å². The number of aliphatic carboxylic acids is 1. The summed E-state index contributed by atoms with van der Waals surface area (Å²) in [4.78, 5) is 60.8. The number of hydrogen-bond donors (Lipinski definition) is 3. The fourth-order valence-electron chi connectivity index (χ4n) is 4.34. The predicted octanol–water partition coefficient (Wildman–Crippen LogP) is 2.58. The maximum Gasteiger partial charge on any atom is 0.407 e. The van der Waals surface area contributed by atoms with Crippen molar-refractivity contribution in [1.29, 1.82) is 0 Å². The molecule has 2 aromatic rings. The molecule has 204 valence electrons. The van der Waals surface area contributed by atoms with Gasteiger partial charge in [0, 0.05) is 30.0 Å². The summed E-state index contributed by atoms with van der Waals surface area (Å²) in [6.45, 7) is 0.244. The van der Waals surface area contributed by atoms with Crippen LogP contribution < -0.4 is 10.6 Å². The lowest BCUT2D eigenvalue weighted by Gasteiger charge is -2.43. The van der Waals surface area contributed by atoms with Crippen molar-refractivity contribution in [3.05, 3.63) is 86.4 Å². The number of benzene rings is 2. The third-order valence-corrected chi connectivity index (χ3v) is 7.43. The van der Waals surface area contributed by atoms with Gasteiger partial charge in [-0.1, -0.05) is 30.3 Å². The predicted molar refractivity (Wildman–Crippen MR) is 140 cm³/mol. The number of nitro benzene ring substituents is 1. The van der Waals surface area contributed by atoms with Crippen LogP contribution in [0.3, 0.4) is 0 Å². The standard InChI is InChI=1S/C26H26N4O8S/c31-21(13-16-5-2-1-3-6-16)28-22-19-14-20(23(25(33)34)29(19)24(22)32)39-12-4-11-27-26(35)38-15-17-7-9-18(10-8-17)30(36)37/h1-3,5-10,19,22H,4,11-15H2,(H,27,35)(H,28,31)(H,33,34). The van der Waals surface area contributed by atoms with E-state index in [0.717, 1.165) is 5.56 Å². The first-order valence-corrected chi connectivity index (χ1v) is 13.1. The number of non-ortho nitro benzene ring substituents is 1. The molecule has 2 aliphatic heterocycles. The number of fused-ring (bicyclic) bond motifs is 1. The van der Waals surface area contributed by atoms with Crippen LogP contribution >= 0.6 is 11.8 Å². The Hall–Kier alpha value is -4.39. The number of nitrogens with one attached hydrogen (secondary N) is 2. The molecule has 1 fully saturated rings. The molecule has 0 aliphatic carbocycles. The number of ether oxygens (including phenoxy) is 1. The average molecular weight is 555 g/mol. The van der Waals surface area contributed by atoms with Crippen LogP contribution in [0.15, 0.2) is 65.2 Å². The van der Waals surface area contributed by atoms with Crippen LogP contribution in [0.4, 0.5) is 10.5 Å². The first kappa shape index (κ1) is 27.6. The van der Waals surface area contributed by atoms with E-state index in [1.165, 1.54) is 40.9 Å². The molecule has 12 nitrogen and oxygen atoms in total. The second-order valence-electron chi connectivity index (χ2n) is 8.89. The molecule has 2 unspecified atom stereocenters. The van der Waals surface area contributed by atoms with Gasteiger partial charge in [0.25, 0.3) is 11.6 Å². The zero-order valence-corrected chi connectivity index (χ0v) is 21.5. The molecule has 2 atom stereocenters. The fraction of sp³-hybridized carbons (Fsp3) is 0.308. The highest BCUT2D eigenvalue weighted by atomic mass is 32.2. The summed E-state index contributed by atoms with van der Waals surface area (Å²) in [5, 5.41) is 25.7. The van der Waals surface area contributed by atoms with Gasteiger partial charge in [0.05, 0.1) is 17.4 Å². The molecule has 0 bridgehead atoms. The fourth-order valence-corrected chi connectivity index (χ4v) is 5.48. The van der Waals surface area contributed by atoms with Gasteiger partial charge in [-0.3, -0.25) is 24.6 Å². The third-order valence-electron chi connectivity index (χ3n) is 6.23. The molecule has 0 aromatic heterocycles. The van der Waals surface area contributed by atoms with Crippen LogP contribution in [0.2, 0.25) is 0 Å². The van der Waals surface area contributed by atoms with Crippen molar-refractivity contribution in [3.8, 4) is 0 Å². The van der Waals surface area contributed by atoms with Crippen molar-refractivity contribution in [2.24, 2.45) is 0 Å². The number of carboxylic acids is 1. The van der Waals surface area contributed by atoms with Crippen LogP contribution in [0.25, 0.3) is 0 Å². The van der Waals surface area contributed by atoms with Gasteiger partial charge in [0.2, 0.25) is 5.91 Å². The SMILES string of the molecule is O=C(Cc1ccccc1)NC1C(=O)N2C(C(=O)O)=C(SCCCNC(=O)OCc3ccc([N+](=O)[O-])cc3)CC12. The summed E-state index contributed by atoms with van der Waals surface area (Å²) >= 11 is 1.30. The summed E-state index contributed by atoms with van der Waals surface area (Å²) in [6, 6.07) is 13.6. The Balaban J connectivity index is 1.19. The minimum Gasteiger partial charge on any atom is -0.477 e. The first-order valence-electron chi connectivity index (χ1n) is 12.1. The summed E-state index contributed by atoms with van der Waals surface area (Å²) in [6.07, 6.45) is 0.331. The maximum absolute atomic E-state index is 12.7. The molecule has 1 saturated heterocycles. The van der Waals surface area contributed by atoms with Gasteiger partial charge in [-0.15, -0.1) is 11.8 Å². The van der Waals surface area contributed by atoms with Crippen LogP contribution in [0.1, 0.15) is 24.0 Å². The number of alkyl carbamates (subject to hydrolysis) is 1. The van der Waals surface area contributed by atoms with E-state index < -0.39 is 35.0 Å². The highest BCUT2D eigenvalue weighted by molar-refractivity contribution is 8.03. The molecule has 0 saturated carbocycles. The topological polar surface area (TPSA) is 168 Å². The lowest BCUT2D eigenvalue weighted by Crippen LogP contribution is -2.68. The van der Waals surface area contributed by atoms with E-state index in [-0.39, 0.29) is 36.9 Å². The van der Waals surface area contributed by atoms with Crippen LogP contribution in [0.5, 0.6) is 0 Å². The van der Waals surface area contributed by atoms with Crippen molar-refractivity contribution < 1.29 is 33.9 Å². The van der Waals surface area contributed by atoms with Crippen molar-refractivity contribution in [3.63, 3.8) is 0 Å².